The number of nitrogens with one attached hydrogen (secondary N) is 1. The quantitative estimate of drug-likeness (QED) is 0.826. The van der Waals surface area contributed by atoms with Gasteiger partial charge in [0.25, 0.3) is 5.91 Å². The maximum Gasteiger partial charge on any atom is 0.255 e. The number of hydrogen-bond donors (Lipinski definition) is 1. The Morgan fingerprint density at radius 2 is 1.59 bits per heavy atom. The number of para-hydroxylation sites is 1. The Bertz CT molecular complexity index is 859. The topological polar surface area (TPSA) is 69.7 Å². The van der Waals surface area contributed by atoms with Crippen molar-refractivity contribution < 1.29 is 13.2 Å². The molecule has 1 N–H and O–H groups in total. The van der Waals surface area contributed by atoms with E-state index in [0.29, 0.717) is 18.7 Å². The third kappa shape index (κ3) is 5.15. The molecule has 3 rings (SSSR count). The van der Waals surface area contributed by atoms with Gasteiger partial charge in [0.1, 0.15) is 0 Å². The minimum atomic E-state index is -3.10. The predicted molar refractivity (Wildman–Crippen MR) is 107 cm³/mol. The largest absolute Gasteiger partial charge is 0.322 e. The zero-order valence-corrected chi connectivity index (χ0v) is 16.3. The van der Waals surface area contributed by atoms with E-state index >= 15 is 0 Å². The van der Waals surface area contributed by atoms with Crippen LogP contribution in [0.3, 0.4) is 0 Å². The lowest BCUT2D eigenvalue weighted by molar-refractivity contribution is 0.102. The third-order valence-corrected chi connectivity index (χ3v) is 6.62. The van der Waals surface area contributed by atoms with Gasteiger partial charge in [-0.1, -0.05) is 30.3 Å². The molecule has 1 saturated heterocycles. The first-order valence-corrected chi connectivity index (χ1v) is 10.7. The van der Waals surface area contributed by atoms with Crippen LogP contribution in [0.15, 0.2) is 54.6 Å². The SMILES string of the molecule is CCS(=O)(=O)N1CCN(Cc2ccc(C(=O)Nc3ccccc3)cc2)CC1. The van der Waals surface area contributed by atoms with Crippen molar-refractivity contribution in [2.75, 3.05) is 37.2 Å². The summed E-state index contributed by atoms with van der Waals surface area (Å²) in [4.78, 5) is 14.5. The fourth-order valence-electron chi connectivity index (χ4n) is 3.09. The van der Waals surface area contributed by atoms with Gasteiger partial charge in [-0.2, -0.15) is 4.31 Å². The van der Waals surface area contributed by atoms with Crippen LogP contribution in [-0.4, -0.2) is 55.5 Å². The van der Waals surface area contributed by atoms with Gasteiger partial charge in [0.05, 0.1) is 5.75 Å². The highest BCUT2D eigenvalue weighted by atomic mass is 32.2. The Morgan fingerprint density at radius 1 is 0.963 bits per heavy atom. The van der Waals surface area contributed by atoms with Gasteiger partial charge in [-0.3, -0.25) is 9.69 Å². The number of carbonyl (C=O) groups is 1. The second-order valence-corrected chi connectivity index (χ2v) is 8.85. The molecule has 1 fully saturated rings. The van der Waals surface area contributed by atoms with Crippen LogP contribution in [0.1, 0.15) is 22.8 Å². The molecule has 0 bridgehead atoms. The molecule has 144 valence electrons. The molecule has 2 aromatic carbocycles. The van der Waals surface area contributed by atoms with E-state index in [4.69, 9.17) is 0 Å². The van der Waals surface area contributed by atoms with Crippen molar-refractivity contribution in [2.45, 2.75) is 13.5 Å². The van der Waals surface area contributed by atoms with Crippen molar-refractivity contribution in [3.8, 4) is 0 Å². The number of rotatable bonds is 6. The van der Waals surface area contributed by atoms with Crippen LogP contribution in [-0.2, 0) is 16.6 Å². The van der Waals surface area contributed by atoms with Gasteiger partial charge in [-0.25, -0.2) is 8.42 Å². The molecule has 27 heavy (non-hydrogen) atoms. The molecule has 1 heterocycles. The van der Waals surface area contributed by atoms with E-state index in [1.807, 2.05) is 54.6 Å². The number of piperazine rings is 1. The summed E-state index contributed by atoms with van der Waals surface area (Å²) in [5.41, 5.74) is 2.49. The van der Waals surface area contributed by atoms with Crippen molar-refractivity contribution >= 4 is 21.6 Å². The van der Waals surface area contributed by atoms with Crippen LogP contribution >= 0.6 is 0 Å². The Balaban J connectivity index is 1.53. The smallest absolute Gasteiger partial charge is 0.255 e. The number of hydrogen-bond acceptors (Lipinski definition) is 4. The van der Waals surface area contributed by atoms with Gasteiger partial charge in [0.15, 0.2) is 0 Å². The van der Waals surface area contributed by atoms with E-state index in [1.54, 1.807) is 11.2 Å². The summed E-state index contributed by atoms with van der Waals surface area (Å²) >= 11 is 0. The molecule has 2 aromatic rings. The molecule has 1 amide bonds. The maximum atomic E-state index is 12.3. The van der Waals surface area contributed by atoms with Gasteiger partial charge in [-0.15, -0.1) is 0 Å². The minimum absolute atomic E-state index is 0.133. The van der Waals surface area contributed by atoms with Crippen LogP contribution in [0.5, 0.6) is 0 Å². The average molecular weight is 388 g/mol. The van der Waals surface area contributed by atoms with E-state index in [-0.39, 0.29) is 11.7 Å². The van der Waals surface area contributed by atoms with Crippen LogP contribution in [0, 0.1) is 0 Å². The van der Waals surface area contributed by atoms with E-state index in [0.717, 1.165) is 30.9 Å². The molecule has 6 nitrogen and oxygen atoms in total. The van der Waals surface area contributed by atoms with E-state index < -0.39 is 10.0 Å². The molecule has 0 atom stereocenters. The first-order chi connectivity index (χ1) is 13.0. The Kier molecular flexibility index (Phi) is 6.26. The number of sulfonamides is 1. The first kappa shape index (κ1) is 19.5. The summed E-state index contributed by atoms with van der Waals surface area (Å²) in [6.45, 7) is 4.93. The van der Waals surface area contributed by atoms with Crippen molar-refractivity contribution in [2.24, 2.45) is 0 Å². The Hall–Kier alpha value is -2.22. The summed E-state index contributed by atoms with van der Waals surface area (Å²) in [5, 5.41) is 2.87. The molecule has 7 heteroatoms. The number of benzene rings is 2. The zero-order chi connectivity index (χ0) is 19.3. The number of amides is 1. The minimum Gasteiger partial charge on any atom is -0.322 e. The van der Waals surface area contributed by atoms with E-state index in [2.05, 4.69) is 10.2 Å². The lowest BCUT2D eigenvalue weighted by Gasteiger charge is -2.33. The Morgan fingerprint density at radius 3 is 2.19 bits per heavy atom. The van der Waals surface area contributed by atoms with Crippen LogP contribution in [0.4, 0.5) is 5.69 Å². The summed E-state index contributed by atoms with van der Waals surface area (Å²) in [5.74, 6) is 0.0191. The molecule has 0 aliphatic carbocycles. The highest BCUT2D eigenvalue weighted by molar-refractivity contribution is 7.89. The van der Waals surface area contributed by atoms with Crippen LogP contribution in [0.25, 0.3) is 0 Å². The van der Waals surface area contributed by atoms with Crippen molar-refractivity contribution in [3.05, 3.63) is 65.7 Å². The zero-order valence-electron chi connectivity index (χ0n) is 15.5. The lowest BCUT2D eigenvalue weighted by atomic mass is 10.1. The van der Waals surface area contributed by atoms with Crippen LogP contribution < -0.4 is 5.32 Å². The van der Waals surface area contributed by atoms with E-state index in [9.17, 15) is 13.2 Å². The molecule has 0 aromatic heterocycles. The molecule has 0 radical (unpaired) electrons. The maximum absolute atomic E-state index is 12.3. The lowest BCUT2D eigenvalue weighted by Crippen LogP contribution is -2.48. The van der Waals surface area contributed by atoms with E-state index in [1.165, 1.54) is 0 Å². The summed E-state index contributed by atoms with van der Waals surface area (Å²) < 4.78 is 25.4. The Labute approximate surface area is 160 Å². The monoisotopic (exact) mass is 387 g/mol. The van der Waals surface area contributed by atoms with Gasteiger partial charge < -0.3 is 5.32 Å². The second-order valence-electron chi connectivity index (χ2n) is 6.59. The fraction of sp³-hybridized carbons (Fsp3) is 0.350. The number of nitrogens with zero attached hydrogens (tertiary/aromatic N) is 2. The van der Waals surface area contributed by atoms with Crippen molar-refractivity contribution in [1.29, 1.82) is 0 Å². The average Bonchev–Trinajstić information content (AvgIpc) is 2.70. The van der Waals surface area contributed by atoms with Gasteiger partial charge in [0, 0.05) is 44.0 Å². The summed E-state index contributed by atoms with van der Waals surface area (Å²) in [7, 11) is -3.10. The first-order valence-electron chi connectivity index (χ1n) is 9.13. The summed E-state index contributed by atoms with van der Waals surface area (Å²) in [6, 6.07) is 16.9. The highest BCUT2D eigenvalue weighted by Crippen LogP contribution is 2.14. The third-order valence-electron chi connectivity index (χ3n) is 4.74. The molecule has 1 aliphatic rings. The molecule has 0 saturated carbocycles. The predicted octanol–water partition coefficient (Wildman–Crippen LogP) is 2.41. The molecular formula is C20H25N3O3S. The normalized spacial score (nSPS) is 16.2. The van der Waals surface area contributed by atoms with Crippen molar-refractivity contribution in [3.63, 3.8) is 0 Å². The van der Waals surface area contributed by atoms with Gasteiger partial charge in [0.2, 0.25) is 10.0 Å². The highest BCUT2D eigenvalue weighted by Gasteiger charge is 2.25. The van der Waals surface area contributed by atoms with Crippen molar-refractivity contribution in [1.82, 2.24) is 9.21 Å². The number of carbonyl (C=O) groups excluding carboxylic acids is 1. The molecule has 0 unspecified atom stereocenters. The van der Waals surface area contributed by atoms with Crippen LogP contribution in [0.2, 0.25) is 0 Å². The molecule has 0 spiro atoms. The molecule has 1 aliphatic heterocycles. The summed E-state index contributed by atoms with van der Waals surface area (Å²) in [6.07, 6.45) is 0. The van der Waals surface area contributed by atoms with Gasteiger partial charge in [-0.05, 0) is 36.8 Å². The molecular weight excluding hydrogens is 362 g/mol. The number of anilines is 1. The fourth-order valence-corrected chi connectivity index (χ4v) is 4.18. The standard InChI is InChI=1S/C20H25N3O3S/c1-2-27(25,26)23-14-12-22(13-15-23)16-17-8-10-18(11-9-17)20(24)21-19-6-4-3-5-7-19/h3-11H,2,12-16H2,1H3,(H,21,24). The second kappa shape index (κ2) is 8.65. The van der Waals surface area contributed by atoms with Gasteiger partial charge >= 0.3 is 0 Å².